The Morgan fingerprint density at radius 2 is 1.97 bits per heavy atom. The van der Waals surface area contributed by atoms with Gasteiger partial charge in [0, 0.05) is 36.8 Å². The van der Waals surface area contributed by atoms with Crippen LogP contribution in [0.2, 0.25) is 5.02 Å². The Kier molecular flexibility index (Phi) is 5.54. The molecule has 0 bridgehead atoms. The summed E-state index contributed by atoms with van der Waals surface area (Å²) < 4.78 is 25.9. The summed E-state index contributed by atoms with van der Waals surface area (Å²) >= 11 is 6.20. The summed E-state index contributed by atoms with van der Waals surface area (Å²) in [5.74, 6) is 0.802. The Morgan fingerprint density at radius 3 is 2.59 bits per heavy atom. The number of halogens is 1. The Hall–Kier alpha value is -1.75. The average Bonchev–Trinajstić information content (AvgIpc) is 3.08. The predicted octanol–water partition coefficient (Wildman–Crippen LogP) is 1.89. The second kappa shape index (κ2) is 7.82. The van der Waals surface area contributed by atoms with E-state index in [0.29, 0.717) is 43.4 Å². The zero-order chi connectivity index (χ0) is 20.8. The smallest absolute Gasteiger partial charge is 0.276 e. The van der Waals surface area contributed by atoms with Crippen molar-refractivity contribution in [2.75, 3.05) is 18.4 Å². The van der Waals surface area contributed by atoms with Gasteiger partial charge in [0.25, 0.3) is 15.8 Å². The first-order valence-corrected chi connectivity index (χ1v) is 11.7. The maximum Gasteiger partial charge on any atom is 0.276 e. The summed E-state index contributed by atoms with van der Waals surface area (Å²) in [5, 5.41) is 9.37. The molecule has 2 atom stereocenters. The Morgan fingerprint density at radius 1 is 1.24 bits per heavy atom. The van der Waals surface area contributed by atoms with Gasteiger partial charge in [-0.3, -0.25) is 9.36 Å². The maximum atomic E-state index is 12.8. The minimum atomic E-state index is -3.66. The molecule has 0 unspecified atom stereocenters. The average molecular weight is 441 g/mol. The van der Waals surface area contributed by atoms with Crippen LogP contribution in [0.3, 0.4) is 0 Å². The molecule has 29 heavy (non-hydrogen) atoms. The molecular weight excluding hydrogens is 416 g/mol. The molecule has 2 aromatic rings. The van der Waals surface area contributed by atoms with E-state index < -0.39 is 10.2 Å². The molecule has 3 N–H and O–H groups in total. The molecule has 2 aliphatic rings. The van der Waals surface area contributed by atoms with Crippen molar-refractivity contribution >= 4 is 38.8 Å². The zero-order valence-electron chi connectivity index (χ0n) is 16.2. The second-order valence-corrected chi connectivity index (χ2v) is 9.93. The van der Waals surface area contributed by atoms with Crippen LogP contribution in [0.15, 0.2) is 17.1 Å². The van der Waals surface area contributed by atoms with Crippen molar-refractivity contribution in [3.8, 4) is 0 Å². The number of nitrogens with one attached hydrogen (secondary N) is 1. The van der Waals surface area contributed by atoms with Gasteiger partial charge in [-0.15, -0.1) is 0 Å². The number of pyridine rings is 1. The standard InChI is InChI=1S/C18H25ClN6O3S/c1-11-3-2-4-15(11)25-16-12(9-14(19)17(25)26)10-21-18(23-16)22-13-5-7-24(8-6-13)29(20,27)28/h9-11,13,15H,2-8H2,1H3,(H2,20,27,28)(H,21,22,23)/t11-,15+/m0/s1. The second-order valence-electron chi connectivity index (χ2n) is 7.98. The number of nitrogens with zero attached hydrogens (tertiary/aromatic N) is 4. The van der Waals surface area contributed by atoms with Crippen LogP contribution in [0.4, 0.5) is 5.95 Å². The fraction of sp³-hybridized carbons (Fsp3) is 0.611. The maximum absolute atomic E-state index is 12.8. The molecule has 2 aromatic heterocycles. The molecule has 2 fully saturated rings. The monoisotopic (exact) mass is 440 g/mol. The molecule has 1 saturated heterocycles. The molecule has 0 amide bonds. The van der Waals surface area contributed by atoms with Crippen molar-refractivity contribution in [3.63, 3.8) is 0 Å². The van der Waals surface area contributed by atoms with Gasteiger partial charge < -0.3 is 5.32 Å². The van der Waals surface area contributed by atoms with E-state index in [4.69, 9.17) is 16.7 Å². The number of anilines is 1. The highest BCUT2D eigenvalue weighted by molar-refractivity contribution is 7.86. The first-order chi connectivity index (χ1) is 13.7. The number of hydrogen-bond donors (Lipinski definition) is 2. The molecule has 11 heteroatoms. The minimum absolute atomic E-state index is 0.0309. The molecule has 0 spiro atoms. The summed E-state index contributed by atoms with van der Waals surface area (Å²) in [6, 6.07) is 1.72. The van der Waals surface area contributed by atoms with Crippen LogP contribution in [0.1, 0.15) is 45.1 Å². The lowest BCUT2D eigenvalue weighted by Crippen LogP contribution is -2.45. The van der Waals surface area contributed by atoms with Crippen LogP contribution in [-0.4, -0.2) is 46.4 Å². The number of aromatic nitrogens is 3. The predicted molar refractivity (Wildman–Crippen MR) is 112 cm³/mol. The van der Waals surface area contributed by atoms with Crippen LogP contribution >= 0.6 is 11.6 Å². The molecule has 3 heterocycles. The lowest BCUT2D eigenvalue weighted by atomic mass is 10.1. The van der Waals surface area contributed by atoms with E-state index in [0.717, 1.165) is 24.6 Å². The molecule has 0 aromatic carbocycles. The molecular formula is C18H25ClN6O3S. The van der Waals surface area contributed by atoms with E-state index in [2.05, 4.69) is 22.2 Å². The zero-order valence-corrected chi connectivity index (χ0v) is 17.8. The van der Waals surface area contributed by atoms with Crippen molar-refractivity contribution in [1.29, 1.82) is 0 Å². The van der Waals surface area contributed by atoms with Gasteiger partial charge in [0.05, 0.1) is 0 Å². The van der Waals surface area contributed by atoms with Gasteiger partial charge in [0.2, 0.25) is 5.95 Å². The SMILES string of the molecule is C[C@H]1CCC[C@H]1n1c(=O)c(Cl)cc2cnc(NC3CCN(S(N)(=O)=O)CC3)nc21. The van der Waals surface area contributed by atoms with Crippen LogP contribution in [0, 0.1) is 5.92 Å². The molecule has 1 saturated carbocycles. The summed E-state index contributed by atoms with van der Waals surface area (Å²) in [7, 11) is -3.66. The molecule has 4 rings (SSSR count). The normalized spacial score (nSPS) is 24.2. The van der Waals surface area contributed by atoms with E-state index in [1.54, 1.807) is 16.8 Å². The Balaban J connectivity index is 1.62. The van der Waals surface area contributed by atoms with Gasteiger partial charge in [-0.25, -0.2) is 10.1 Å². The number of hydrogen-bond acceptors (Lipinski definition) is 6. The molecule has 1 aliphatic carbocycles. The van der Waals surface area contributed by atoms with Crippen molar-refractivity contribution < 1.29 is 8.42 Å². The van der Waals surface area contributed by atoms with Crippen LogP contribution in [0.5, 0.6) is 0 Å². The lowest BCUT2D eigenvalue weighted by Gasteiger charge is -2.30. The van der Waals surface area contributed by atoms with Crippen LogP contribution < -0.4 is 16.0 Å². The van der Waals surface area contributed by atoms with E-state index >= 15 is 0 Å². The first kappa shape index (κ1) is 20.5. The number of rotatable bonds is 4. The van der Waals surface area contributed by atoms with E-state index in [1.165, 1.54) is 4.31 Å². The number of fused-ring (bicyclic) bond motifs is 1. The molecule has 158 valence electrons. The summed E-state index contributed by atoms with van der Waals surface area (Å²) in [4.78, 5) is 21.8. The highest BCUT2D eigenvalue weighted by Gasteiger charge is 2.29. The number of nitrogens with two attached hydrogens (primary N) is 1. The van der Waals surface area contributed by atoms with Crippen molar-refractivity contribution in [3.05, 3.63) is 27.6 Å². The number of piperidine rings is 1. The van der Waals surface area contributed by atoms with E-state index in [-0.39, 0.29) is 22.7 Å². The van der Waals surface area contributed by atoms with E-state index in [1.807, 2.05) is 0 Å². The highest BCUT2D eigenvalue weighted by Crippen LogP contribution is 2.36. The third-order valence-electron chi connectivity index (χ3n) is 6.02. The third kappa shape index (κ3) is 4.11. The third-order valence-corrected chi connectivity index (χ3v) is 7.38. The summed E-state index contributed by atoms with van der Waals surface area (Å²) in [6.07, 6.45) is 5.95. The van der Waals surface area contributed by atoms with Gasteiger partial charge in [0.1, 0.15) is 10.7 Å². The fourth-order valence-corrected chi connectivity index (χ4v) is 5.34. The van der Waals surface area contributed by atoms with Crippen LogP contribution in [0.25, 0.3) is 11.0 Å². The summed E-state index contributed by atoms with van der Waals surface area (Å²) in [6.45, 7) is 2.85. The lowest BCUT2D eigenvalue weighted by molar-refractivity contribution is 0.329. The van der Waals surface area contributed by atoms with E-state index in [9.17, 15) is 13.2 Å². The van der Waals surface area contributed by atoms with Crippen LogP contribution in [-0.2, 0) is 10.2 Å². The molecule has 1 aliphatic heterocycles. The van der Waals surface area contributed by atoms with Gasteiger partial charge in [-0.1, -0.05) is 24.9 Å². The Labute approximate surface area is 174 Å². The van der Waals surface area contributed by atoms with Gasteiger partial charge in [0.15, 0.2) is 0 Å². The fourth-order valence-electron chi connectivity index (χ4n) is 4.41. The molecule has 0 radical (unpaired) electrons. The van der Waals surface area contributed by atoms with Crippen molar-refractivity contribution in [2.45, 2.75) is 51.1 Å². The van der Waals surface area contributed by atoms with Gasteiger partial charge >= 0.3 is 0 Å². The molecule has 9 nitrogen and oxygen atoms in total. The Bertz CT molecular complexity index is 1080. The quantitative estimate of drug-likeness (QED) is 0.748. The highest BCUT2D eigenvalue weighted by atomic mass is 35.5. The van der Waals surface area contributed by atoms with Crippen molar-refractivity contribution in [1.82, 2.24) is 18.8 Å². The summed E-state index contributed by atoms with van der Waals surface area (Å²) in [5.41, 5.74) is 0.363. The largest absolute Gasteiger partial charge is 0.351 e. The topological polar surface area (TPSA) is 123 Å². The van der Waals surface area contributed by atoms with Gasteiger partial charge in [-0.05, 0) is 37.7 Å². The first-order valence-electron chi connectivity index (χ1n) is 9.86. The minimum Gasteiger partial charge on any atom is -0.351 e. The van der Waals surface area contributed by atoms with Gasteiger partial charge in [-0.2, -0.15) is 17.7 Å². The van der Waals surface area contributed by atoms with Crippen molar-refractivity contribution in [2.24, 2.45) is 11.1 Å².